The average Bonchev–Trinajstić information content (AvgIpc) is 2.38. The number of rotatable bonds is 5. The summed E-state index contributed by atoms with van der Waals surface area (Å²) in [5.41, 5.74) is 2.27. The van der Waals surface area contributed by atoms with E-state index in [2.05, 4.69) is 60.6 Å². The van der Waals surface area contributed by atoms with Crippen LogP contribution in [0.5, 0.6) is 0 Å². The number of pyridine rings is 1. The molecule has 0 spiro atoms. The Morgan fingerprint density at radius 3 is 3.00 bits per heavy atom. The number of hydrogen-bond acceptors (Lipinski definition) is 2. The second kappa shape index (κ2) is 6.31. The van der Waals surface area contributed by atoms with Gasteiger partial charge in [-0.3, -0.25) is 4.98 Å². The van der Waals surface area contributed by atoms with Crippen LogP contribution in [-0.2, 0) is 0 Å². The molecule has 0 unspecified atom stereocenters. The van der Waals surface area contributed by atoms with E-state index < -0.39 is 0 Å². The van der Waals surface area contributed by atoms with Gasteiger partial charge in [-0.15, -0.1) is 0 Å². The Hall–Kier alpha value is -1.67. The molecule has 0 fully saturated rings. The second-order valence-corrected chi connectivity index (χ2v) is 4.91. The highest BCUT2D eigenvalue weighted by molar-refractivity contribution is 5.80. The number of hydrogen-bond donors (Lipinski definition) is 1. The van der Waals surface area contributed by atoms with Crippen LogP contribution in [0, 0.1) is 5.92 Å². The van der Waals surface area contributed by atoms with Gasteiger partial charge < -0.3 is 5.32 Å². The predicted molar refractivity (Wildman–Crippen MR) is 78.5 cm³/mol. The third-order valence-electron chi connectivity index (χ3n) is 2.75. The SMILES string of the molecule is CC(C)CNCC=Cc1ccc2ncccc2c1. The molecule has 0 atom stereocenters. The monoisotopic (exact) mass is 240 g/mol. The number of fused-ring (bicyclic) bond motifs is 1. The Bertz CT molecular complexity index is 529. The fourth-order valence-electron chi connectivity index (χ4n) is 1.85. The molecule has 1 aromatic carbocycles. The van der Waals surface area contributed by atoms with Crippen molar-refractivity contribution in [3.8, 4) is 0 Å². The Kier molecular flexibility index (Phi) is 4.48. The third-order valence-corrected chi connectivity index (χ3v) is 2.75. The van der Waals surface area contributed by atoms with Crippen LogP contribution in [0.15, 0.2) is 42.6 Å². The van der Waals surface area contributed by atoms with Crippen molar-refractivity contribution >= 4 is 17.0 Å². The standard InChI is InChI=1S/C16H20N2/c1-13(2)12-17-9-3-5-14-7-8-16-15(11-14)6-4-10-18-16/h3-8,10-11,13,17H,9,12H2,1-2H3. The largest absolute Gasteiger partial charge is 0.313 e. The van der Waals surface area contributed by atoms with E-state index in [1.807, 2.05) is 12.3 Å². The normalized spacial score (nSPS) is 11.7. The molecule has 2 aromatic rings. The van der Waals surface area contributed by atoms with Gasteiger partial charge >= 0.3 is 0 Å². The van der Waals surface area contributed by atoms with E-state index in [9.17, 15) is 0 Å². The van der Waals surface area contributed by atoms with Gasteiger partial charge in [0.1, 0.15) is 0 Å². The van der Waals surface area contributed by atoms with Crippen molar-refractivity contribution in [2.24, 2.45) is 5.92 Å². The van der Waals surface area contributed by atoms with Crippen molar-refractivity contribution in [3.63, 3.8) is 0 Å². The summed E-state index contributed by atoms with van der Waals surface area (Å²) in [5, 5.41) is 4.58. The summed E-state index contributed by atoms with van der Waals surface area (Å²) in [4.78, 5) is 4.31. The first-order valence-electron chi connectivity index (χ1n) is 6.48. The Balaban J connectivity index is 1.97. The zero-order valence-electron chi connectivity index (χ0n) is 11.1. The molecule has 18 heavy (non-hydrogen) atoms. The molecule has 94 valence electrons. The Labute approximate surface area is 109 Å². The summed E-state index contributed by atoms with van der Waals surface area (Å²) < 4.78 is 0. The lowest BCUT2D eigenvalue weighted by atomic mass is 10.1. The van der Waals surface area contributed by atoms with Crippen LogP contribution < -0.4 is 5.32 Å². The summed E-state index contributed by atoms with van der Waals surface area (Å²) in [6.07, 6.45) is 6.15. The first kappa shape index (κ1) is 12.8. The van der Waals surface area contributed by atoms with Gasteiger partial charge in [-0.1, -0.05) is 38.1 Å². The summed E-state index contributed by atoms with van der Waals surface area (Å²) in [5.74, 6) is 0.699. The number of nitrogens with zero attached hydrogens (tertiary/aromatic N) is 1. The van der Waals surface area contributed by atoms with Gasteiger partial charge in [0, 0.05) is 18.1 Å². The first-order valence-corrected chi connectivity index (χ1v) is 6.48. The van der Waals surface area contributed by atoms with Crippen LogP contribution in [0.25, 0.3) is 17.0 Å². The smallest absolute Gasteiger partial charge is 0.0702 e. The maximum absolute atomic E-state index is 4.31. The van der Waals surface area contributed by atoms with Crippen molar-refractivity contribution < 1.29 is 0 Å². The fraction of sp³-hybridized carbons (Fsp3) is 0.312. The van der Waals surface area contributed by atoms with Crippen molar-refractivity contribution in [2.45, 2.75) is 13.8 Å². The van der Waals surface area contributed by atoms with Crippen molar-refractivity contribution in [2.75, 3.05) is 13.1 Å². The molecule has 0 radical (unpaired) electrons. The molecular weight excluding hydrogens is 220 g/mol. The van der Waals surface area contributed by atoms with E-state index >= 15 is 0 Å². The molecule has 2 rings (SSSR count). The molecule has 0 saturated carbocycles. The first-order chi connectivity index (χ1) is 8.75. The van der Waals surface area contributed by atoms with Gasteiger partial charge in [0.25, 0.3) is 0 Å². The van der Waals surface area contributed by atoms with Gasteiger partial charge in [0.2, 0.25) is 0 Å². The average molecular weight is 240 g/mol. The molecule has 2 heteroatoms. The highest BCUT2D eigenvalue weighted by Gasteiger charge is 1.94. The van der Waals surface area contributed by atoms with Gasteiger partial charge in [0.15, 0.2) is 0 Å². The van der Waals surface area contributed by atoms with E-state index in [0.29, 0.717) is 5.92 Å². The highest BCUT2D eigenvalue weighted by Crippen LogP contribution is 2.14. The van der Waals surface area contributed by atoms with Gasteiger partial charge in [-0.05, 0) is 36.2 Å². The molecule has 0 amide bonds. The van der Waals surface area contributed by atoms with E-state index in [0.717, 1.165) is 18.6 Å². The molecule has 0 aliphatic rings. The molecule has 0 bridgehead atoms. The number of nitrogens with one attached hydrogen (secondary N) is 1. The summed E-state index contributed by atoms with van der Waals surface area (Å²) in [7, 11) is 0. The lowest BCUT2D eigenvalue weighted by Gasteiger charge is -2.03. The fourth-order valence-corrected chi connectivity index (χ4v) is 1.85. The van der Waals surface area contributed by atoms with Crippen molar-refractivity contribution in [3.05, 3.63) is 48.2 Å². The van der Waals surface area contributed by atoms with E-state index in [1.165, 1.54) is 10.9 Å². The van der Waals surface area contributed by atoms with E-state index in [4.69, 9.17) is 0 Å². The van der Waals surface area contributed by atoms with E-state index in [1.54, 1.807) is 0 Å². The summed E-state index contributed by atoms with van der Waals surface area (Å²) in [6.45, 7) is 6.41. The topological polar surface area (TPSA) is 24.9 Å². The third kappa shape index (κ3) is 3.67. The highest BCUT2D eigenvalue weighted by atomic mass is 14.8. The van der Waals surface area contributed by atoms with Crippen LogP contribution in [0.4, 0.5) is 0 Å². The lowest BCUT2D eigenvalue weighted by Crippen LogP contribution is -2.19. The van der Waals surface area contributed by atoms with Crippen LogP contribution in [0.3, 0.4) is 0 Å². The minimum absolute atomic E-state index is 0.699. The second-order valence-electron chi connectivity index (χ2n) is 4.91. The van der Waals surface area contributed by atoms with Crippen LogP contribution in [0.2, 0.25) is 0 Å². The quantitative estimate of drug-likeness (QED) is 0.809. The summed E-state index contributed by atoms with van der Waals surface area (Å²) in [6, 6.07) is 10.4. The van der Waals surface area contributed by atoms with Crippen LogP contribution in [0.1, 0.15) is 19.4 Å². The molecule has 1 aromatic heterocycles. The Morgan fingerprint density at radius 2 is 2.17 bits per heavy atom. The molecule has 0 aliphatic carbocycles. The van der Waals surface area contributed by atoms with Crippen molar-refractivity contribution in [1.29, 1.82) is 0 Å². The molecule has 2 nitrogen and oxygen atoms in total. The molecule has 1 N–H and O–H groups in total. The lowest BCUT2D eigenvalue weighted by molar-refractivity contribution is 0.577. The van der Waals surface area contributed by atoms with Crippen LogP contribution in [-0.4, -0.2) is 18.1 Å². The maximum atomic E-state index is 4.31. The number of aromatic nitrogens is 1. The maximum Gasteiger partial charge on any atom is 0.0702 e. The van der Waals surface area contributed by atoms with E-state index in [-0.39, 0.29) is 0 Å². The minimum atomic E-state index is 0.699. The molecule has 0 saturated heterocycles. The Morgan fingerprint density at radius 1 is 1.28 bits per heavy atom. The van der Waals surface area contributed by atoms with Gasteiger partial charge in [-0.2, -0.15) is 0 Å². The van der Waals surface area contributed by atoms with Crippen molar-refractivity contribution in [1.82, 2.24) is 10.3 Å². The van der Waals surface area contributed by atoms with Crippen LogP contribution >= 0.6 is 0 Å². The zero-order valence-corrected chi connectivity index (χ0v) is 11.1. The van der Waals surface area contributed by atoms with Gasteiger partial charge in [-0.25, -0.2) is 0 Å². The zero-order chi connectivity index (χ0) is 12.8. The molecule has 1 heterocycles. The van der Waals surface area contributed by atoms with Gasteiger partial charge in [0.05, 0.1) is 5.52 Å². The predicted octanol–water partition coefficient (Wildman–Crippen LogP) is 3.49. The number of benzene rings is 1. The minimum Gasteiger partial charge on any atom is -0.313 e. The molecular formula is C16H20N2. The molecule has 0 aliphatic heterocycles. The summed E-state index contributed by atoms with van der Waals surface area (Å²) >= 11 is 0.